The molecule has 100 valence electrons. The number of aliphatic hydroxyl groups excluding tert-OH is 1. The van der Waals surface area contributed by atoms with Crippen molar-refractivity contribution in [2.75, 3.05) is 13.6 Å². The lowest BCUT2D eigenvalue weighted by Crippen LogP contribution is -2.48. The van der Waals surface area contributed by atoms with Crippen molar-refractivity contribution in [1.29, 1.82) is 0 Å². The zero-order valence-corrected chi connectivity index (χ0v) is 11.1. The van der Waals surface area contributed by atoms with Gasteiger partial charge in [0.2, 0.25) is 0 Å². The van der Waals surface area contributed by atoms with Crippen LogP contribution in [-0.4, -0.2) is 46.5 Å². The third-order valence-corrected chi connectivity index (χ3v) is 4.59. The van der Waals surface area contributed by atoms with Crippen LogP contribution in [-0.2, 0) is 0 Å². The molecule has 0 aromatic carbocycles. The van der Waals surface area contributed by atoms with Gasteiger partial charge < -0.3 is 10.2 Å². The Balaban J connectivity index is 1.90. The Morgan fingerprint density at radius 2 is 1.71 bits per heavy atom. The second kappa shape index (κ2) is 5.68. The van der Waals surface area contributed by atoms with Crippen molar-refractivity contribution < 1.29 is 10.2 Å². The molecule has 2 aliphatic carbocycles. The Kier molecular flexibility index (Phi) is 4.45. The Hall–Kier alpha value is -0.120. The van der Waals surface area contributed by atoms with Crippen LogP contribution in [0, 0.1) is 0 Å². The van der Waals surface area contributed by atoms with Crippen molar-refractivity contribution in [3.63, 3.8) is 0 Å². The van der Waals surface area contributed by atoms with Crippen molar-refractivity contribution in [3.05, 3.63) is 0 Å². The van der Waals surface area contributed by atoms with E-state index in [0.29, 0.717) is 0 Å². The van der Waals surface area contributed by atoms with Gasteiger partial charge in [-0.25, -0.2) is 0 Å². The van der Waals surface area contributed by atoms with Crippen molar-refractivity contribution >= 4 is 0 Å². The molecular weight excluding hydrogens is 214 g/mol. The first-order valence-corrected chi connectivity index (χ1v) is 7.21. The Morgan fingerprint density at radius 1 is 1.06 bits per heavy atom. The van der Waals surface area contributed by atoms with Gasteiger partial charge in [-0.1, -0.05) is 32.1 Å². The number of hydrogen-bond donors (Lipinski definition) is 2. The van der Waals surface area contributed by atoms with Gasteiger partial charge in [-0.05, 0) is 32.7 Å². The van der Waals surface area contributed by atoms with E-state index in [1.165, 1.54) is 12.8 Å². The van der Waals surface area contributed by atoms with Crippen LogP contribution in [0.5, 0.6) is 0 Å². The molecule has 0 amide bonds. The van der Waals surface area contributed by atoms with Crippen LogP contribution in [0.1, 0.15) is 57.8 Å². The summed E-state index contributed by atoms with van der Waals surface area (Å²) in [4.78, 5) is 2.21. The SMILES string of the molecule is CN(CC1(O)CCCC1)C1CCCCCC1O. The standard InChI is InChI=1S/C14H27NO2/c1-15(11-14(17)9-5-6-10-14)12-7-3-2-4-8-13(12)16/h12-13,16-17H,2-11H2,1H3. The highest BCUT2D eigenvalue weighted by Gasteiger charge is 2.35. The Labute approximate surface area is 105 Å². The third-order valence-electron chi connectivity index (χ3n) is 4.59. The van der Waals surface area contributed by atoms with Crippen LogP contribution in [0.15, 0.2) is 0 Å². The van der Waals surface area contributed by atoms with E-state index in [2.05, 4.69) is 11.9 Å². The summed E-state index contributed by atoms with van der Waals surface area (Å²) in [5, 5.41) is 20.6. The summed E-state index contributed by atoms with van der Waals surface area (Å²) in [5.41, 5.74) is -0.485. The molecule has 2 fully saturated rings. The van der Waals surface area contributed by atoms with Crippen LogP contribution in [0.25, 0.3) is 0 Å². The fourth-order valence-electron chi connectivity index (χ4n) is 3.56. The minimum atomic E-state index is -0.485. The van der Waals surface area contributed by atoms with E-state index < -0.39 is 5.60 Å². The molecule has 2 N–H and O–H groups in total. The molecule has 0 bridgehead atoms. The van der Waals surface area contributed by atoms with Gasteiger partial charge in [0, 0.05) is 12.6 Å². The van der Waals surface area contributed by atoms with E-state index >= 15 is 0 Å². The number of hydrogen-bond acceptors (Lipinski definition) is 3. The summed E-state index contributed by atoms with van der Waals surface area (Å²) in [6.45, 7) is 0.731. The van der Waals surface area contributed by atoms with Crippen molar-refractivity contribution in [2.24, 2.45) is 0 Å². The van der Waals surface area contributed by atoms with E-state index in [-0.39, 0.29) is 12.1 Å². The minimum Gasteiger partial charge on any atom is -0.391 e. The molecule has 2 aliphatic rings. The van der Waals surface area contributed by atoms with Crippen LogP contribution in [0.3, 0.4) is 0 Å². The highest BCUT2D eigenvalue weighted by molar-refractivity contribution is 4.90. The fourth-order valence-corrected chi connectivity index (χ4v) is 3.56. The smallest absolute Gasteiger partial charge is 0.0774 e. The zero-order chi connectivity index (χ0) is 12.3. The molecule has 0 spiro atoms. The van der Waals surface area contributed by atoms with Gasteiger partial charge in [0.05, 0.1) is 11.7 Å². The predicted octanol–water partition coefficient (Wildman–Crippen LogP) is 1.92. The molecule has 2 unspecified atom stereocenters. The Bertz CT molecular complexity index is 238. The first kappa shape index (κ1) is 13.3. The molecule has 2 atom stereocenters. The number of rotatable bonds is 3. The topological polar surface area (TPSA) is 43.7 Å². The summed E-state index contributed by atoms with van der Waals surface area (Å²) in [6.07, 6.45) is 9.57. The van der Waals surface area contributed by atoms with Gasteiger partial charge in [-0.2, -0.15) is 0 Å². The van der Waals surface area contributed by atoms with Gasteiger partial charge in [-0.15, -0.1) is 0 Å². The van der Waals surface area contributed by atoms with Gasteiger partial charge in [0.1, 0.15) is 0 Å². The third kappa shape index (κ3) is 3.43. The molecule has 0 aliphatic heterocycles. The van der Waals surface area contributed by atoms with E-state index in [1.807, 2.05) is 0 Å². The normalized spacial score (nSPS) is 33.9. The molecule has 3 nitrogen and oxygen atoms in total. The van der Waals surface area contributed by atoms with Crippen molar-refractivity contribution in [3.8, 4) is 0 Å². The lowest BCUT2D eigenvalue weighted by atomic mass is 9.98. The first-order chi connectivity index (χ1) is 8.11. The highest BCUT2D eigenvalue weighted by Crippen LogP contribution is 2.31. The van der Waals surface area contributed by atoms with Crippen LogP contribution >= 0.6 is 0 Å². The molecule has 0 heterocycles. The van der Waals surface area contributed by atoms with Crippen LogP contribution < -0.4 is 0 Å². The first-order valence-electron chi connectivity index (χ1n) is 7.21. The molecule has 3 heteroatoms. The lowest BCUT2D eigenvalue weighted by Gasteiger charge is -2.36. The van der Waals surface area contributed by atoms with Crippen LogP contribution in [0.4, 0.5) is 0 Å². The van der Waals surface area contributed by atoms with E-state index in [9.17, 15) is 10.2 Å². The molecule has 0 aromatic heterocycles. The summed E-state index contributed by atoms with van der Waals surface area (Å²) < 4.78 is 0. The van der Waals surface area contributed by atoms with Crippen LogP contribution in [0.2, 0.25) is 0 Å². The molecule has 0 radical (unpaired) electrons. The number of nitrogens with zero attached hydrogens (tertiary/aromatic N) is 1. The number of aliphatic hydroxyl groups is 2. The lowest BCUT2D eigenvalue weighted by molar-refractivity contribution is -0.0199. The zero-order valence-electron chi connectivity index (χ0n) is 11.1. The maximum absolute atomic E-state index is 10.4. The summed E-state index contributed by atoms with van der Waals surface area (Å²) >= 11 is 0. The quantitative estimate of drug-likeness (QED) is 0.742. The van der Waals surface area contributed by atoms with Crippen molar-refractivity contribution in [2.45, 2.75) is 75.5 Å². The summed E-state index contributed by atoms with van der Waals surface area (Å²) in [6, 6.07) is 0.252. The second-order valence-electron chi connectivity index (χ2n) is 6.12. The second-order valence-corrected chi connectivity index (χ2v) is 6.12. The average Bonchev–Trinajstić information content (AvgIpc) is 2.57. The molecule has 2 saturated carbocycles. The predicted molar refractivity (Wildman–Crippen MR) is 68.9 cm³/mol. The maximum Gasteiger partial charge on any atom is 0.0774 e. The van der Waals surface area contributed by atoms with E-state index in [1.54, 1.807) is 0 Å². The summed E-state index contributed by atoms with van der Waals surface area (Å²) in [5.74, 6) is 0. The summed E-state index contributed by atoms with van der Waals surface area (Å²) in [7, 11) is 2.06. The average molecular weight is 241 g/mol. The molecule has 17 heavy (non-hydrogen) atoms. The monoisotopic (exact) mass is 241 g/mol. The van der Waals surface area contributed by atoms with E-state index in [4.69, 9.17) is 0 Å². The molecule has 2 rings (SSSR count). The minimum absolute atomic E-state index is 0.201. The highest BCUT2D eigenvalue weighted by atomic mass is 16.3. The fraction of sp³-hybridized carbons (Fsp3) is 1.00. The van der Waals surface area contributed by atoms with Gasteiger partial charge in [0.25, 0.3) is 0 Å². The molecule has 0 saturated heterocycles. The number of likely N-dealkylation sites (N-methyl/N-ethyl adjacent to an activating group) is 1. The van der Waals surface area contributed by atoms with E-state index in [0.717, 1.165) is 51.5 Å². The Morgan fingerprint density at radius 3 is 2.41 bits per heavy atom. The van der Waals surface area contributed by atoms with Gasteiger partial charge >= 0.3 is 0 Å². The molecular formula is C14H27NO2. The largest absolute Gasteiger partial charge is 0.391 e. The van der Waals surface area contributed by atoms with Gasteiger partial charge in [-0.3, -0.25) is 4.90 Å². The van der Waals surface area contributed by atoms with Crippen molar-refractivity contribution in [1.82, 2.24) is 4.90 Å². The maximum atomic E-state index is 10.4. The van der Waals surface area contributed by atoms with Gasteiger partial charge in [0.15, 0.2) is 0 Å². The molecule has 0 aromatic rings.